The Bertz CT molecular complexity index is 1570. The fraction of sp³-hybridized carbons (Fsp3) is 0.854. The third-order valence-corrected chi connectivity index (χ3v) is 18.1. The zero-order valence-electron chi connectivity index (χ0n) is 37.3. The summed E-state index contributed by atoms with van der Waals surface area (Å²) in [6, 6.07) is 0.341. The molecule has 6 rings (SSSR count). The van der Waals surface area contributed by atoms with Gasteiger partial charge < -0.3 is 24.8 Å². The standard InChI is InChI=1S/C48H79N2O5P/c1-30(2)33-16-23-48(28-31(3)49-32-19-26-50(27-20-32)41(53)55-42(4,5)6)25-24-46(12)34(39(33)48)14-15-36-45(11)21-18-37(54-38(56)29-43(7,8)40(51)52)44(9,10)35(45)17-22-47(36,46)13/h32-37,39,49,56H,1,3,14-29H2,2,4-13H3,(H,51,52)/t33-,34?,35-,36+,37-,39+,45-,46+,47+,48+/m0/s1. The second kappa shape index (κ2) is 15.0. The molecule has 2 N–H and O–H groups in total. The quantitative estimate of drug-likeness (QED) is 0.169. The molecule has 6 aliphatic rings. The molecule has 56 heavy (non-hydrogen) atoms. The number of carboxylic acid groups (broad SMARTS) is 1. The van der Waals surface area contributed by atoms with Crippen LogP contribution >= 0.6 is 8.86 Å². The van der Waals surface area contributed by atoms with Crippen molar-refractivity contribution >= 4 is 26.4 Å². The van der Waals surface area contributed by atoms with Crippen LogP contribution in [0.5, 0.6) is 0 Å². The number of hydrogen-bond acceptors (Lipinski definition) is 5. The SMILES string of the molecule is C=C(C[C@]12CC[C@@H](C(=C)C)[C@@H]1C1CC[C@@H]3[C@@]4(C)CC[C@H](OC(=P)CC(C)(C)C(=O)O)C(C)(C)[C@@H]4CC[C@@]3(C)[C@]1(C)CC2)NC1CCN(C(=O)OC(C)(C)C)CC1. The molecule has 10 atom stereocenters. The van der Waals surface area contributed by atoms with Crippen LogP contribution in [0, 0.1) is 62.1 Å². The van der Waals surface area contributed by atoms with Crippen molar-refractivity contribution in [2.24, 2.45) is 62.1 Å². The highest BCUT2D eigenvalue weighted by Crippen LogP contribution is 2.78. The van der Waals surface area contributed by atoms with Gasteiger partial charge in [0.25, 0.3) is 0 Å². The van der Waals surface area contributed by atoms with Crippen molar-refractivity contribution in [2.75, 3.05) is 13.1 Å². The maximum Gasteiger partial charge on any atom is 0.410 e. The molecule has 1 aliphatic heterocycles. The number of nitrogens with one attached hydrogen (secondary N) is 1. The molecule has 6 fully saturated rings. The highest BCUT2D eigenvalue weighted by molar-refractivity contribution is 7.20. The van der Waals surface area contributed by atoms with Crippen LogP contribution < -0.4 is 5.32 Å². The molecule has 7 nitrogen and oxygen atoms in total. The Morgan fingerprint density at radius 1 is 0.839 bits per heavy atom. The van der Waals surface area contributed by atoms with E-state index in [0.717, 1.165) is 38.8 Å². The third-order valence-electron chi connectivity index (χ3n) is 17.8. The number of rotatable bonds is 10. The van der Waals surface area contributed by atoms with E-state index >= 15 is 0 Å². The van der Waals surface area contributed by atoms with Crippen LogP contribution in [0.25, 0.3) is 0 Å². The van der Waals surface area contributed by atoms with Crippen LogP contribution in [-0.4, -0.2) is 58.4 Å². The lowest BCUT2D eigenvalue weighted by molar-refractivity contribution is -0.246. The molecule has 0 aromatic rings. The van der Waals surface area contributed by atoms with Crippen LogP contribution in [0.3, 0.4) is 0 Å². The predicted octanol–water partition coefficient (Wildman–Crippen LogP) is 11.7. The van der Waals surface area contributed by atoms with Crippen LogP contribution in [0.1, 0.15) is 166 Å². The van der Waals surface area contributed by atoms with Gasteiger partial charge in [-0.15, -0.1) is 0 Å². The Morgan fingerprint density at radius 2 is 1.50 bits per heavy atom. The van der Waals surface area contributed by atoms with Gasteiger partial charge in [-0.1, -0.05) is 62.2 Å². The Kier molecular flexibility index (Phi) is 11.7. The number of allylic oxidation sites excluding steroid dienone is 2. The molecular formula is C48H79N2O5P. The van der Waals surface area contributed by atoms with Gasteiger partial charge in [0, 0.05) is 31.2 Å². The first-order chi connectivity index (χ1) is 25.8. The highest BCUT2D eigenvalue weighted by atomic mass is 31.0. The number of nitrogens with zero attached hydrogens (tertiary/aromatic N) is 1. The van der Waals surface area contributed by atoms with Crippen molar-refractivity contribution in [3.63, 3.8) is 0 Å². The molecule has 0 aromatic heterocycles. The maximum absolute atomic E-state index is 12.7. The molecule has 1 saturated heterocycles. The Balaban J connectivity index is 1.17. The van der Waals surface area contributed by atoms with E-state index in [4.69, 9.17) is 16.1 Å². The van der Waals surface area contributed by atoms with Crippen molar-refractivity contribution < 1.29 is 24.2 Å². The molecule has 5 saturated carbocycles. The fourth-order valence-corrected chi connectivity index (χ4v) is 15.3. The molecule has 316 valence electrons. The zero-order valence-corrected chi connectivity index (χ0v) is 38.3. The average molecular weight is 795 g/mol. The number of ether oxygens (including phenoxy) is 2. The Labute approximate surface area is 343 Å². The van der Waals surface area contributed by atoms with E-state index in [9.17, 15) is 14.7 Å². The summed E-state index contributed by atoms with van der Waals surface area (Å²) in [4.78, 5) is 26.5. The molecular weight excluding hydrogens is 716 g/mol. The van der Waals surface area contributed by atoms with Gasteiger partial charge in [-0.05, 0) is 182 Å². The number of carbonyl (C=O) groups excluding carboxylic acids is 1. The van der Waals surface area contributed by atoms with E-state index in [-0.39, 0.29) is 39.3 Å². The van der Waals surface area contributed by atoms with Crippen molar-refractivity contribution in [3.05, 3.63) is 24.4 Å². The van der Waals surface area contributed by atoms with Gasteiger partial charge in [0.1, 0.15) is 5.60 Å². The third kappa shape index (κ3) is 7.58. The van der Waals surface area contributed by atoms with Crippen molar-refractivity contribution in [1.29, 1.82) is 0 Å². The minimum Gasteiger partial charge on any atom is -0.481 e. The van der Waals surface area contributed by atoms with E-state index < -0.39 is 17.0 Å². The molecule has 5 aliphatic carbocycles. The monoisotopic (exact) mass is 795 g/mol. The summed E-state index contributed by atoms with van der Waals surface area (Å²) in [6.07, 6.45) is 15.5. The van der Waals surface area contributed by atoms with Gasteiger partial charge in [0.2, 0.25) is 0 Å². The van der Waals surface area contributed by atoms with E-state index in [2.05, 4.69) is 62.3 Å². The Morgan fingerprint density at radius 3 is 2.11 bits per heavy atom. The summed E-state index contributed by atoms with van der Waals surface area (Å²) in [6.45, 7) is 35.4. The number of fused-ring (bicyclic) bond motifs is 7. The molecule has 1 unspecified atom stereocenters. The van der Waals surface area contributed by atoms with Gasteiger partial charge >= 0.3 is 12.1 Å². The maximum atomic E-state index is 12.7. The number of hydrogen-bond donors (Lipinski definition) is 2. The van der Waals surface area contributed by atoms with E-state index in [0.29, 0.717) is 47.5 Å². The summed E-state index contributed by atoms with van der Waals surface area (Å²) in [5.41, 5.74) is 2.92. The summed E-state index contributed by atoms with van der Waals surface area (Å²) in [7, 11) is 3.74. The first-order valence-corrected chi connectivity index (χ1v) is 22.8. The smallest absolute Gasteiger partial charge is 0.410 e. The number of aliphatic carboxylic acids is 1. The van der Waals surface area contributed by atoms with E-state index in [1.54, 1.807) is 13.8 Å². The second-order valence-corrected chi connectivity index (χ2v) is 23.5. The van der Waals surface area contributed by atoms with Gasteiger partial charge in [-0.25, -0.2) is 4.79 Å². The molecule has 1 heterocycles. The number of likely N-dealkylation sites (tertiary alicyclic amines) is 1. The lowest BCUT2D eigenvalue weighted by atomic mass is 9.32. The highest BCUT2D eigenvalue weighted by Gasteiger charge is 2.71. The van der Waals surface area contributed by atoms with Gasteiger partial charge in [0.05, 0.1) is 17.0 Å². The molecule has 0 aromatic carbocycles. The number of piperidine rings is 1. The predicted molar refractivity (Wildman–Crippen MR) is 231 cm³/mol. The van der Waals surface area contributed by atoms with Crippen LogP contribution in [0.2, 0.25) is 0 Å². The van der Waals surface area contributed by atoms with Gasteiger partial charge in [0.15, 0.2) is 0 Å². The summed E-state index contributed by atoms with van der Waals surface area (Å²) in [5.74, 6) is 2.32. The fourth-order valence-electron chi connectivity index (χ4n) is 14.8. The average Bonchev–Trinajstić information content (AvgIpc) is 3.45. The van der Waals surface area contributed by atoms with Gasteiger partial charge in [-0.2, -0.15) is 0 Å². The summed E-state index contributed by atoms with van der Waals surface area (Å²) >= 11 is 0. The number of amides is 1. The number of carbonyl (C=O) groups is 2. The molecule has 0 spiro atoms. The summed E-state index contributed by atoms with van der Waals surface area (Å²) in [5, 5.41) is 13.7. The van der Waals surface area contributed by atoms with Crippen LogP contribution in [0.15, 0.2) is 24.4 Å². The second-order valence-electron chi connectivity index (χ2n) is 23.0. The van der Waals surface area contributed by atoms with E-state index in [1.165, 1.54) is 69.1 Å². The molecule has 0 radical (unpaired) electrons. The molecule has 1 amide bonds. The zero-order chi connectivity index (χ0) is 41.4. The van der Waals surface area contributed by atoms with Crippen molar-refractivity contribution in [1.82, 2.24) is 10.2 Å². The van der Waals surface area contributed by atoms with Crippen LogP contribution in [-0.2, 0) is 14.3 Å². The minimum absolute atomic E-state index is 0.0186. The minimum atomic E-state index is -0.878. The molecule has 8 heteroatoms. The van der Waals surface area contributed by atoms with Gasteiger partial charge in [-0.3, -0.25) is 4.79 Å². The normalized spacial score (nSPS) is 39.7. The first-order valence-electron chi connectivity index (χ1n) is 22.3. The van der Waals surface area contributed by atoms with E-state index in [1.807, 2.05) is 25.7 Å². The Hall–Kier alpha value is -1.85. The lowest BCUT2D eigenvalue weighted by Gasteiger charge is -2.73. The topological polar surface area (TPSA) is 88.1 Å². The van der Waals surface area contributed by atoms with Crippen molar-refractivity contribution in [3.8, 4) is 0 Å². The van der Waals surface area contributed by atoms with Crippen LogP contribution in [0.4, 0.5) is 4.79 Å². The summed E-state index contributed by atoms with van der Waals surface area (Å²) < 4.78 is 12.3. The largest absolute Gasteiger partial charge is 0.481 e. The van der Waals surface area contributed by atoms with Crippen molar-refractivity contribution in [2.45, 2.75) is 184 Å². The lowest BCUT2D eigenvalue weighted by Crippen LogP contribution is -2.66. The molecule has 0 bridgehead atoms. The first kappa shape index (κ1) is 43.7. The number of carboxylic acids is 1.